The van der Waals surface area contributed by atoms with Crippen molar-refractivity contribution in [1.29, 1.82) is 0 Å². The van der Waals surface area contributed by atoms with Gasteiger partial charge in [-0.1, -0.05) is 11.6 Å². The van der Waals surface area contributed by atoms with Crippen LogP contribution in [0.5, 0.6) is 0 Å². The van der Waals surface area contributed by atoms with Gasteiger partial charge in [-0.2, -0.15) is 0 Å². The monoisotopic (exact) mass is 286 g/mol. The van der Waals surface area contributed by atoms with Gasteiger partial charge in [-0.05, 0) is 31.0 Å². The fraction of sp³-hybridized carbons (Fsp3) is 0.333. The number of carbonyl (C=O) groups is 2. The Kier molecular flexibility index (Phi) is 3.61. The fourth-order valence-electron chi connectivity index (χ4n) is 1.63. The Morgan fingerprint density at radius 3 is 2.68 bits per heavy atom. The second kappa shape index (κ2) is 5.05. The number of hydrogen-bond donors (Lipinski definition) is 3. The highest BCUT2D eigenvalue weighted by Crippen LogP contribution is 2.45. The number of benzene rings is 1. The van der Waals surface area contributed by atoms with Gasteiger partial charge < -0.3 is 15.7 Å². The molecule has 1 aromatic carbocycles. The van der Waals surface area contributed by atoms with Crippen LogP contribution in [0.3, 0.4) is 0 Å². The number of carboxylic acid groups (broad SMARTS) is 1. The molecule has 19 heavy (non-hydrogen) atoms. The highest BCUT2D eigenvalue weighted by molar-refractivity contribution is 6.30. The summed E-state index contributed by atoms with van der Waals surface area (Å²) in [5.74, 6) is -1.54. The van der Waals surface area contributed by atoms with E-state index in [4.69, 9.17) is 16.7 Å². The lowest BCUT2D eigenvalue weighted by Gasteiger charge is -2.12. The Bertz CT molecular complexity index is 532. The van der Waals surface area contributed by atoms with Crippen LogP contribution in [0.25, 0.3) is 0 Å². The lowest BCUT2D eigenvalue weighted by Crippen LogP contribution is -2.37. The molecule has 0 heterocycles. The van der Waals surface area contributed by atoms with Crippen LogP contribution >= 0.6 is 11.6 Å². The molecule has 0 radical (unpaired) electrons. The summed E-state index contributed by atoms with van der Waals surface area (Å²) in [6.45, 7) is 0.0242. The van der Waals surface area contributed by atoms with Gasteiger partial charge >= 0.3 is 12.0 Å². The molecule has 0 spiro atoms. The molecule has 3 N–H and O–H groups in total. The van der Waals surface area contributed by atoms with E-state index in [2.05, 4.69) is 10.6 Å². The summed E-state index contributed by atoms with van der Waals surface area (Å²) in [7, 11) is 0. The second-order valence-electron chi connectivity index (χ2n) is 4.52. The van der Waals surface area contributed by atoms with Crippen molar-refractivity contribution >= 4 is 29.3 Å². The first-order valence-corrected chi connectivity index (χ1v) is 6.04. The molecular weight excluding hydrogens is 275 g/mol. The molecule has 0 unspecified atom stereocenters. The van der Waals surface area contributed by atoms with Crippen molar-refractivity contribution in [2.24, 2.45) is 5.41 Å². The second-order valence-corrected chi connectivity index (χ2v) is 4.95. The maximum Gasteiger partial charge on any atom is 0.319 e. The summed E-state index contributed by atoms with van der Waals surface area (Å²) in [6, 6.07) is 3.12. The van der Waals surface area contributed by atoms with E-state index in [0.29, 0.717) is 17.9 Å². The third kappa shape index (κ3) is 3.14. The van der Waals surface area contributed by atoms with E-state index in [-0.39, 0.29) is 12.2 Å². The van der Waals surface area contributed by atoms with E-state index in [1.54, 1.807) is 0 Å². The molecule has 2 rings (SSSR count). The summed E-state index contributed by atoms with van der Waals surface area (Å²) in [6.07, 6.45) is 1.07. The van der Waals surface area contributed by atoms with Crippen LogP contribution in [0.4, 0.5) is 14.9 Å². The quantitative estimate of drug-likeness (QED) is 0.795. The number of urea groups is 1. The van der Waals surface area contributed by atoms with Gasteiger partial charge in [-0.3, -0.25) is 4.79 Å². The minimum Gasteiger partial charge on any atom is -0.481 e. The topological polar surface area (TPSA) is 78.4 Å². The highest BCUT2D eigenvalue weighted by Gasteiger charge is 2.50. The zero-order valence-electron chi connectivity index (χ0n) is 9.87. The summed E-state index contributed by atoms with van der Waals surface area (Å²) in [5.41, 5.74) is -0.908. The minimum absolute atomic E-state index is 0.0242. The molecule has 2 amide bonds. The summed E-state index contributed by atoms with van der Waals surface area (Å²) in [4.78, 5) is 22.5. The lowest BCUT2D eigenvalue weighted by molar-refractivity contribution is -0.143. The molecule has 1 aliphatic carbocycles. The zero-order valence-corrected chi connectivity index (χ0v) is 10.6. The third-order valence-electron chi connectivity index (χ3n) is 3.07. The molecule has 0 saturated heterocycles. The summed E-state index contributed by atoms with van der Waals surface area (Å²) < 4.78 is 13.3. The molecule has 0 aliphatic heterocycles. The van der Waals surface area contributed by atoms with Gasteiger partial charge in [-0.15, -0.1) is 0 Å². The molecule has 1 aromatic rings. The molecule has 102 valence electrons. The summed E-state index contributed by atoms with van der Waals surface area (Å²) in [5, 5.41) is 13.9. The number of nitrogens with one attached hydrogen (secondary N) is 2. The van der Waals surface area contributed by atoms with Gasteiger partial charge in [0, 0.05) is 11.6 Å². The molecule has 1 saturated carbocycles. The van der Waals surface area contributed by atoms with Crippen LogP contribution in [0.15, 0.2) is 18.2 Å². The Labute approximate surface area is 113 Å². The molecule has 1 fully saturated rings. The SMILES string of the molecule is O=C(NCC1(C(=O)O)CC1)Nc1cc(Cl)ccc1F. The van der Waals surface area contributed by atoms with Crippen molar-refractivity contribution in [2.45, 2.75) is 12.8 Å². The largest absolute Gasteiger partial charge is 0.481 e. The van der Waals surface area contributed by atoms with Crippen molar-refractivity contribution in [3.63, 3.8) is 0 Å². The van der Waals surface area contributed by atoms with Gasteiger partial charge in [0.2, 0.25) is 0 Å². The van der Waals surface area contributed by atoms with Crippen LogP contribution in [-0.2, 0) is 4.79 Å². The molecule has 0 atom stereocenters. The molecule has 0 aromatic heterocycles. The van der Waals surface area contributed by atoms with Crippen molar-refractivity contribution < 1.29 is 19.1 Å². The number of carboxylic acids is 1. The number of amides is 2. The Morgan fingerprint density at radius 1 is 1.42 bits per heavy atom. The molecular formula is C12H12ClFN2O3. The van der Waals surface area contributed by atoms with Gasteiger partial charge in [0.25, 0.3) is 0 Å². The molecule has 1 aliphatic rings. The summed E-state index contributed by atoms with van der Waals surface area (Å²) >= 11 is 5.69. The normalized spacial score (nSPS) is 15.7. The van der Waals surface area contributed by atoms with Crippen LogP contribution in [0.2, 0.25) is 5.02 Å². The van der Waals surface area contributed by atoms with E-state index in [1.165, 1.54) is 12.1 Å². The zero-order chi connectivity index (χ0) is 14.0. The number of carbonyl (C=O) groups excluding carboxylic acids is 1. The lowest BCUT2D eigenvalue weighted by atomic mass is 10.1. The number of halogens is 2. The van der Waals surface area contributed by atoms with Gasteiger partial charge in [0.05, 0.1) is 11.1 Å². The van der Waals surface area contributed by atoms with Crippen LogP contribution in [0, 0.1) is 11.2 Å². The highest BCUT2D eigenvalue weighted by atomic mass is 35.5. The molecule has 5 nitrogen and oxygen atoms in total. The predicted molar refractivity (Wildman–Crippen MR) is 67.7 cm³/mol. The minimum atomic E-state index is -0.929. The van der Waals surface area contributed by atoms with E-state index in [1.807, 2.05) is 0 Å². The molecule has 7 heteroatoms. The number of aliphatic carboxylic acids is 1. The van der Waals surface area contributed by atoms with Crippen molar-refractivity contribution in [3.8, 4) is 0 Å². The molecule has 0 bridgehead atoms. The Hall–Kier alpha value is -1.82. The Balaban J connectivity index is 1.91. The smallest absolute Gasteiger partial charge is 0.319 e. The predicted octanol–water partition coefficient (Wildman–Crippen LogP) is 2.47. The standard InChI is InChI=1S/C12H12ClFN2O3/c13-7-1-2-8(14)9(5-7)16-11(19)15-6-12(3-4-12)10(17)18/h1-2,5H,3-4,6H2,(H,17,18)(H2,15,16,19). The van der Waals surface area contributed by atoms with Gasteiger partial charge in [-0.25, -0.2) is 9.18 Å². The fourth-order valence-corrected chi connectivity index (χ4v) is 1.80. The maximum absolute atomic E-state index is 13.3. The van der Waals surface area contributed by atoms with Gasteiger partial charge in [0.15, 0.2) is 0 Å². The van der Waals surface area contributed by atoms with Crippen molar-refractivity contribution in [1.82, 2.24) is 5.32 Å². The third-order valence-corrected chi connectivity index (χ3v) is 3.31. The average molecular weight is 287 g/mol. The van der Waals surface area contributed by atoms with E-state index in [0.717, 1.165) is 6.07 Å². The van der Waals surface area contributed by atoms with E-state index < -0.39 is 23.2 Å². The first-order chi connectivity index (χ1) is 8.93. The first-order valence-electron chi connectivity index (χ1n) is 5.66. The number of anilines is 1. The average Bonchev–Trinajstić information content (AvgIpc) is 3.12. The number of hydrogen-bond acceptors (Lipinski definition) is 2. The van der Waals surface area contributed by atoms with E-state index in [9.17, 15) is 14.0 Å². The van der Waals surface area contributed by atoms with Crippen molar-refractivity contribution in [2.75, 3.05) is 11.9 Å². The van der Waals surface area contributed by atoms with Crippen molar-refractivity contribution in [3.05, 3.63) is 29.0 Å². The van der Waals surface area contributed by atoms with Crippen LogP contribution < -0.4 is 10.6 Å². The maximum atomic E-state index is 13.3. The van der Waals surface area contributed by atoms with Crippen LogP contribution in [-0.4, -0.2) is 23.7 Å². The van der Waals surface area contributed by atoms with Gasteiger partial charge in [0.1, 0.15) is 5.82 Å². The number of rotatable bonds is 4. The van der Waals surface area contributed by atoms with Crippen LogP contribution in [0.1, 0.15) is 12.8 Å². The van der Waals surface area contributed by atoms with E-state index >= 15 is 0 Å². The Morgan fingerprint density at radius 2 is 2.11 bits per heavy atom. The first kappa shape index (κ1) is 13.6.